The number of likely N-dealkylation sites (tertiary alicyclic amines) is 3. The standard InChI is InChI=1S/C43H54N4O3/c48-40(31-43(34-17-7-2-8-18-34,35-19-9-3-10-20-35)36-21-11-4-12-22-36)46-27-14-24-39(46)42(50)47-28-13-23-38(47)41(49)44-37-25-29-45(30-26-37)32-33-15-5-1-6-16-33/h2-4,7-12,17-22,33,37-39H,1,5-6,13-16,23-32H2,(H,44,49)/t38-,39+/m1/s1. The van der Waals surface area contributed by atoms with E-state index < -0.39 is 17.5 Å². The number of benzene rings is 3. The molecule has 2 atom stereocenters. The highest BCUT2D eigenvalue weighted by molar-refractivity contribution is 5.93. The molecule has 1 aliphatic carbocycles. The smallest absolute Gasteiger partial charge is 0.246 e. The minimum absolute atomic E-state index is 0.0197. The minimum atomic E-state index is -0.723. The topological polar surface area (TPSA) is 73.0 Å². The summed E-state index contributed by atoms with van der Waals surface area (Å²) < 4.78 is 0. The van der Waals surface area contributed by atoms with Gasteiger partial charge in [0.25, 0.3) is 0 Å². The average Bonchev–Trinajstić information content (AvgIpc) is 3.87. The van der Waals surface area contributed by atoms with Crippen LogP contribution in [0, 0.1) is 5.92 Å². The van der Waals surface area contributed by atoms with Crippen molar-refractivity contribution in [2.75, 3.05) is 32.7 Å². The van der Waals surface area contributed by atoms with Gasteiger partial charge in [-0.25, -0.2) is 0 Å². The lowest BCUT2D eigenvalue weighted by atomic mass is 9.67. The van der Waals surface area contributed by atoms with Crippen molar-refractivity contribution >= 4 is 17.7 Å². The summed E-state index contributed by atoms with van der Waals surface area (Å²) >= 11 is 0. The Labute approximate surface area is 298 Å². The van der Waals surface area contributed by atoms with Gasteiger partial charge in [-0.1, -0.05) is 110 Å². The molecule has 264 valence electrons. The van der Waals surface area contributed by atoms with E-state index in [-0.39, 0.29) is 30.2 Å². The first-order valence-electron chi connectivity index (χ1n) is 19.3. The van der Waals surface area contributed by atoms with Crippen molar-refractivity contribution < 1.29 is 14.4 Å². The Morgan fingerprint density at radius 1 is 0.580 bits per heavy atom. The fourth-order valence-corrected chi connectivity index (χ4v) is 9.41. The highest BCUT2D eigenvalue weighted by Crippen LogP contribution is 2.43. The van der Waals surface area contributed by atoms with Crippen LogP contribution in [-0.4, -0.2) is 83.3 Å². The predicted octanol–water partition coefficient (Wildman–Crippen LogP) is 6.55. The van der Waals surface area contributed by atoms with E-state index in [4.69, 9.17) is 0 Å². The summed E-state index contributed by atoms with van der Waals surface area (Å²) in [4.78, 5) is 48.9. The number of amides is 3. The van der Waals surface area contributed by atoms with Crippen LogP contribution in [0.15, 0.2) is 91.0 Å². The predicted molar refractivity (Wildman–Crippen MR) is 197 cm³/mol. The van der Waals surface area contributed by atoms with Crippen molar-refractivity contribution in [3.8, 4) is 0 Å². The molecule has 7 nitrogen and oxygen atoms in total. The van der Waals surface area contributed by atoms with Gasteiger partial charge in [0.1, 0.15) is 12.1 Å². The van der Waals surface area contributed by atoms with E-state index in [1.807, 2.05) is 59.5 Å². The van der Waals surface area contributed by atoms with E-state index in [1.54, 1.807) is 4.90 Å². The Hall–Kier alpha value is -3.97. The van der Waals surface area contributed by atoms with Gasteiger partial charge in [0.05, 0.1) is 5.41 Å². The number of hydrogen-bond donors (Lipinski definition) is 1. The molecule has 3 aromatic carbocycles. The maximum absolute atomic E-state index is 14.6. The second-order valence-electron chi connectivity index (χ2n) is 15.2. The second kappa shape index (κ2) is 15.9. The molecule has 7 heteroatoms. The van der Waals surface area contributed by atoms with Crippen LogP contribution in [-0.2, 0) is 19.8 Å². The number of rotatable bonds is 10. The summed E-state index contributed by atoms with van der Waals surface area (Å²) in [5.74, 6) is 0.716. The molecule has 4 fully saturated rings. The lowest BCUT2D eigenvalue weighted by molar-refractivity contribution is -0.147. The van der Waals surface area contributed by atoms with Crippen LogP contribution < -0.4 is 5.32 Å². The Bertz CT molecular complexity index is 1470. The largest absolute Gasteiger partial charge is 0.351 e. The zero-order valence-electron chi connectivity index (χ0n) is 29.6. The average molecular weight is 675 g/mol. The molecular formula is C43H54N4O3. The zero-order chi connectivity index (χ0) is 34.3. The molecule has 7 rings (SSSR count). The van der Waals surface area contributed by atoms with Crippen molar-refractivity contribution in [1.82, 2.24) is 20.0 Å². The Morgan fingerprint density at radius 2 is 1.10 bits per heavy atom. The second-order valence-corrected chi connectivity index (χ2v) is 15.2. The molecule has 3 aromatic rings. The SMILES string of the molecule is O=C(NC1CCN(CC2CCCCC2)CC1)[C@H]1CCCN1C(=O)[C@@H]1CCCN1C(=O)CC(c1ccccc1)(c1ccccc1)c1ccccc1. The van der Waals surface area contributed by atoms with Crippen LogP contribution in [0.1, 0.15) is 93.7 Å². The Kier molecular flexibility index (Phi) is 11.0. The number of nitrogens with zero attached hydrogens (tertiary/aromatic N) is 3. The van der Waals surface area contributed by atoms with Crippen LogP contribution >= 0.6 is 0 Å². The van der Waals surface area contributed by atoms with Gasteiger partial charge < -0.3 is 20.0 Å². The summed E-state index contributed by atoms with van der Waals surface area (Å²) in [6, 6.07) is 30.0. The van der Waals surface area contributed by atoms with E-state index >= 15 is 0 Å². The summed E-state index contributed by atoms with van der Waals surface area (Å²) in [6.07, 6.45) is 11.9. The first kappa shape index (κ1) is 34.5. The Balaban J connectivity index is 1.04. The van der Waals surface area contributed by atoms with Gasteiger partial charge in [-0.05, 0) is 74.0 Å². The van der Waals surface area contributed by atoms with Gasteiger partial charge in [0.2, 0.25) is 17.7 Å². The molecule has 0 bridgehead atoms. The molecule has 3 aliphatic heterocycles. The van der Waals surface area contributed by atoms with Crippen LogP contribution in [0.5, 0.6) is 0 Å². The van der Waals surface area contributed by atoms with Gasteiger partial charge >= 0.3 is 0 Å². The monoisotopic (exact) mass is 674 g/mol. The maximum Gasteiger partial charge on any atom is 0.246 e. The third-order valence-electron chi connectivity index (χ3n) is 12.1. The van der Waals surface area contributed by atoms with Crippen molar-refractivity contribution in [1.29, 1.82) is 0 Å². The molecule has 0 radical (unpaired) electrons. The third-order valence-corrected chi connectivity index (χ3v) is 12.1. The van der Waals surface area contributed by atoms with Gasteiger partial charge in [0.15, 0.2) is 0 Å². The van der Waals surface area contributed by atoms with E-state index in [0.717, 1.165) is 61.4 Å². The van der Waals surface area contributed by atoms with Crippen LogP contribution in [0.25, 0.3) is 0 Å². The molecule has 50 heavy (non-hydrogen) atoms. The molecular weight excluding hydrogens is 620 g/mol. The first-order valence-corrected chi connectivity index (χ1v) is 19.3. The third kappa shape index (κ3) is 7.39. The quantitative estimate of drug-likeness (QED) is 0.248. The van der Waals surface area contributed by atoms with Crippen LogP contribution in [0.3, 0.4) is 0 Å². The van der Waals surface area contributed by atoms with Crippen molar-refractivity contribution in [2.45, 2.75) is 101 Å². The minimum Gasteiger partial charge on any atom is -0.351 e. The van der Waals surface area contributed by atoms with Gasteiger partial charge in [-0.15, -0.1) is 0 Å². The lowest BCUT2D eigenvalue weighted by Gasteiger charge is -2.38. The number of carbonyl (C=O) groups is 3. The van der Waals surface area contributed by atoms with E-state index in [0.29, 0.717) is 25.9 Å². The highest BCUT2D eigenvalue weighted by Gasteiger charge is 2.45. The van der Waals surface area contributed by atoms with E-state index in [9.17, 15) is 14.4 Å². The molecule has 0 spiro atoms. The summed E-state index contributed by atoms with van der Waals surface area (Å²) in [7, 11) is 0. The molecule has 3 heterocycles. The number of nitrogens with one attached hydrogen (secondary N) is 1. The van der Waals surface area contributed by atoms with Crippen molar-refractivity contribution in [3.63, 3.8) is 0 Å². The zero-order valence-corrected chi connectivity index (χ0v) is 29.6. The van der Waals surface area contributed by atoms with Crippen LogP contribution in [0.2, 0.25) is 0 Å². The van der Waals surface area contributed by atoms with Gasteiger partial charge in [0, 0.05) is 45.2 Å². The number of carbonyl (C=O) groups excluding carboxylic acids is 3. The van der Waals surface area contributed by atoms with Crippen LogP contribution in [0.4, 0.5) is 0 Å². The molecule has 3 amide bonds. The van der Waals surface area contributed by atoms with E-state index in [1.165, 1.54) is 38.6 Å². The number of piperidine rings is 1. The molecule has 0 aromatic heterocycles. The van der Waals surface area contributed by atoms with Crippen molar-refractivity contribution in [3.05, 3.63) is 108 Å². The summed E-state index contributed by atoms with van der Waals surface area (Å²) in [5.41, 5.74) is 2.41. The molecule has 1 saturated carbocycles. The normalized spacial score (nSPS) is 22.5. The fraction of sp³-hybridized carbons (Fsp3) is 0.512. The van der Waals surface area contributed by atoms with Gasteiger partial charge in [-0.3, -0.25) is 14.4 Å². The summed E-state index contributed by atoms with van der Waals surface area (Å²) in [6.45, 7) is 4.38. The van der Waals surface area contributed by atoms with Crippen molar-refractivity contribution in [2.24, 2.45) is 5.92 Å². The Morgan fingerprint density at radius 3 is 1.66 bits per heavy atom. The lowest BCUT2D eigenvalue weighted by Crippen LogP contribution is -2.55. The van der Waals surface area contributed by atoms with Gasteiger partial charge in [-0.2, -0.15) is 0 Å². The fourth-order valence-electron chi connectivity index (χ4n) is 9.41. The number of hydrogen-bond acceptors (Lipinski definition) is 4. The molecule has 3 saturated heterocycles. The first-order chi connectivity index (χ1) is 24.5. The summed E-state index contributed by atoms with van der Waals surface area (Å²) in [5, 5.41) is 3.34. The maximum atomic E-state index is 14.6. The molecule has 4 aliphatic rings. The van der Waals surface area contributed by atoms with E-state index in [2.05, 4.69) is 46.6 Å². The molecule has 1 N–H and O–H groups in total. The molecule has 0 unspecified atom stereocenters. The highest BCUT2D eigenvalue weighted by atomic mass is 16.2.